The van der Waals surface area contributed by atoms with Gasteiger partial charge in [-0.1, -0.05) is 30.3 Å². The van der Waals surface area contributed by atoms with Crippen LogP contribution < -0.4 is 14.8 Å². The highest BCUT2D eigenvalue weighted by Gasteiger charge is 2.14. The molecule has 0 aliphatic carbocycles. The minimum absolute atomic E-state index is 0.218. The lowest BCUT2D eigenvalue weighted by molar-refractivity contribution is -0.118. The number of benzene rings is 3. The number of nitrogens with one attached hydrogen (secondary N) is 1. The summed E-state index contributed by atoms with van der Waals surface area (Å²) in [5.74, 6) is 0.431. The Hall–Kier alpha value is -4.39. The fraction of sp³-hybridized carbons (Fsp3) is 0.179. The molecule has 0 spiro atoms. The molecule has 3 aromatic carbocycles. The van der Waals surface area contributed by atoms with E-state index in [4.69, 9.17) is 19.2 Å². The molecule has 0 saturated carbocycles. The number of rotatable bonds is 9. The topological polar surface area (TPSA) is 86.8 Å². The van der Waals surface area contributed by atoms with Gasteiger partial charge in [0.1, 0.15) is 11.5 Å². The first kappa shape index (κ1) is 23.8. The maximum Gasteiger partial charge on any atom is 0.338 e. The first-order valence-electron chi connectivity index (χ1n) is 11.4. The van der Waals surface area contributed by atoms with Crippen molar-refractivity contribution in [2.75, 3.05) is 25.1 Å². The van der Waals surface area contributed by atoms with Gasteiger partial charge in [0, 0.05) is 22.7 Å². The largest absolute Gasteiger partial charge is 0.494 e. The minimum Gasteiger partial charge on any atom is -0.494 e. The molecule has 1 N–H and O–H groups in total. The summed E-state index contributed by atoms with van der Waals surface area (Å²) in [6.07, 6.45) is 0. The van der Waals surface area contributed by atoms with Crippen LogP contribution in [-0.2, 0) is 9.53 Å². The number of hydrogen-bond acceptors (Lipinski definition) is 6. The van der Waals surface area contributed by atoms with Gasteiger partial charge in [0.2, 0.25) is 0 Å². The summed E-state index contributed by atoms with van der Waals surface area (Å²) in [6.45, 7) is 4.29. The summed E-state index contributed by atoms with van der Waals surface area (Å²) in [5, 5.41) is 3.43. The van der Waals surface area contributed by atoms with E-state index in [1.54, 1.807) is 55.5 Å². The van der Waals surface area contributed by atoms with Crippen LogP contribution in [0.1, 0.15) is 24.2 Å². The van der Waals surface area contributed by atoms with Crippen LogP contribution in [0.3, 0.4) is 0 Å². The predicted octanol–water partition coefficient (Wildman–Crippen LogP) is 5.49. The summed E-state index contributed by atoms with van der Waals surface area (Å²) < 4.78 is 16.5. The van der Waals surface area contributed by atoms with Crippen molar-refractivity contribution in [1.82, 2.24) is 4.98 Å². The van der Waals surface area contributed by atoms with E-state index in [2.05, 4.69) is 5.32 Å². The van der Waals surface area contributed by atoms with E-state index in [1.807, 2.05) is 37.3 Å². The smallest absolute Gasteiger partial charge is 0.338 e. The number of aromatic nitrogens is 1. The van der Waals surface area contributed by atoms with Crippen molar-refractivity contribution in [3.63, 3.8) is 0 Å². The maximum atomic E-state index is 12.6. The van der Waals surface area contributed by atoms with E-state index < -0.39 is 5.97 Å². The molecule has 1 aromatic heterocycles. The summed E-state index contributed by atoms with van der Waals surface area (Å²) in [7, 11) is 0. The van der Waals surface area contributed by atoms with Crippen molar-refractivity contribution in [1.29, 1.82) is 0 Å². The molecule has 0 aliphatic heterocycles. The molecular weight excluding hydrogens is 444 g/mol. The van der Waals surface area contributed by atoms with Gasteiger partial charge in [-0.05, 0) is 56.3 Å². The zero-order valence-electron chi connectivity index (χ0n) is 19.6. The van der Waals surface area contributed by atoms with E-state index in [9.17, 15) is 9.59 Å². The number of carbonyl (C=O) groups excluding carboxylic acids is 2. The van der Waals surface area contributed by atoms with Gasteiger partial charge in [-0.3, -0.25) is 4.79 Å². The van der Waals surface area contributed by atoms with Crippen LogP contribution in [0.5, 0.6) is 11.5 Å². The van der Waals surface area contributed by atoms with E-state index in [-0.39, 0.29) is 19.1 Å². The van der Waals surface area contributed by atoms with Crippen molar-refractivity contribution < 1.29 is 23.8 Å². The number of ether oxygens (including phenoxy) is 3. The number of amides is 1. The lowest BCUT2D eigenvalue weighted by Crippen LogP contribution is -2.20. The van der Waals surface area contributed by atoms with Crippen LogP contribution >= 0.6 is 0 Å². The molecule has 0 aliphatic rings. The van der Waals surface area contributed by atoms with E-state index >= 15 is 0 Å². The first-order chi connectivity index (χ1) is 17.1. The van der Waals surface area contributed by atoms with Gasteiger partial charge < -0.3 is 19.5 Å². The fourth-order valence-electron chi connectivity index (χ4n) is 3.55. The molecule has 1 amide bonds. The number of pyridine rings is 1. The third-order valence-electron chi connectivity index (χ3n) is 5.16. The second kappa shape index (κ2) is 11.2. The lowest BCUT2D eigenvalue weighted by atomic mass is 10.1. The molecule has 4 aromatic rings. The van der Waals surface area contributed by atoms with Crippen molar-refractivity contribution >= 4 is 28.5 Å². The zero-order valence-corrected chi connectivity index (χ0v) is 19.6. The van der Waals surface area contributed by atoms with Crippen LogP contribution in [0.25, 0.3) is 22.2 Å². The van der Waals surface area contributed by atoms with Crippen LogP contribution in [-0.4, -0.2) is 36.7 Å². The van der Waals surface area contributed by atoms with Gasteiger partial charge in [0.05, 0.1) is 30.0 Å². The Morgan fingerprint density at radius 1 is 0.857 bits per heavy atom. The molecule has 0 fully saturated rings. The first-order valence-corrected chi connectivity index (χ1v) is 11.4. The number of hydrogen-bond donors (Lipinski definition) is 1. The SMILES string of the molecule is CCOC(=O)c1ccc2nc(-c3ccccc3)cc(OCC(=O)Nc3ccc(OCC)cc3)c2c1. The Bertz CT molecular complexity index is 1320. The molecule has 7 heteroatoms. The Morgan fingerprint density at radius 3 is 2.34 bits per heavy atom. The average molecular weight is 471 g/mol. The molecule has 0 radical (unpaired) electrons. The van der Waals surface area contributed by atoms with Gasteiger partial charge >= 0.3 is 5.97 Å². The Kier molecular flexibility index (Phi) is 7.57. The van der Waals surface area contributed by atoms with Crippen molar-refractivity contribution in [2.45, 2.75) is 13.8 Å². The molecule has 178 valence electrons. The minimum atomic E-state index is -0.430. The Labute approximate surface area is 203 Å². The number of anilines is 1. The molecule has 1 heterocycles. The summed E-state index contributed by atoms with van der Waals surface area (Å²) in [6, 6.07) is 23.7. The van der Waals surface area contributed by atoms with Gasteiger partial charge in [-0.2, -0.15) is 0 Å². The van der Waals surface area contributed by atoms with Crippen molar-refractivity contribution in [3.05, 3.63) is 84.4 Å². The lowest BCUT2D eigenvalue weighted by Gasteiger charge is -2.13. The molecule has 0 saturated heterocycles. The average Bonchev–Trinajstić information content (AvgIpc) is 2.89. The van der Waals surface area contributed by atoms with E-state index in [1.165, 1.54) is 0 Å². The number of nitrogens with zero attached hydrogens (tertiary/aromatic N) is 1. The summed E-state index contributed by atoms with van der Waals surface area (Å²) in [4.78, 5) is 29.6. The highest BCUT2D eigenvalue weighted by Crippen LogP contribution is 2.31. The molecule has 0 bridgehead atoms. The van der Waals surface area contributed by atoms with Gasteiger partial charge in [-0.15, -0.1) is 0 Å². The summed E-state index contributed by atoms with van der Waals surface area (Å²) in [5.41, 5.74) is 3.27. The maximum absolute atomic E-state index is 12.6. The van der Waals surface area contributed by atoms with E-state index in [0.717, 1.165) is 11.3 Å². The monoisotopic (exact) mass is 470 g/mol. The number of fused-ring (bicyclic) bond motifs is 1. The normalized spacial score (nSPS) is 10.6. The van der Waals surface area contributed by atoms with Crippen LogP contribution in [0.4, 0.5) is 5.69 Å². The molecule has 0 unspecified atom stereocenters. The molecular formula is C28H26N2O5. The third kappa shape index (κ3) is 5.95. The second-order valence-corrected chi connectivity index (χ2v) is 7.62. The van der Waals surface area contributed by atoms with Gasteiger partial charge in [0.25, 0.3) is 5.91 Å². The third-order valence-corrected chi connectivity index (χ3v) is 5.16. The van der Waals surface area contributed by atoms with Crippen LogP contribution in [0.2, 0.25) is 0 Å². The van der Waals surface area contributed by atoms with Crippen molar-refractivity contribution in [2.24, 2.45) is 0 Å². The molecule has 4 rings (SSSR count). The molecule has 35 heavy (non-hydrogen) atoms. The Balaban J connectivity index is 1.59. The summed E-state index contributed by atoms with van der Waals surface area (Å²) >= 11 is 0. The number of carbonyl (C=O) groups is 2. The highest BCUT2D eigenvalue weighted by atomic mass is 16.5. The highest BCUT2D eigenvalue weighted by molar-refractivity contribution is 5.97. The van der Waals surface area contributed by atoms with Gasteiger partial charge in [0.15, 0.2) is 6.61 Å². The fourth-order valence-corrected chi connectivity index (χ4v) is 3.55. The van der Waals surface area contributed by atoms with Gasteiger partial charge in [-0.25, -0.2) is 9.78 Å². The van der Waals surface area contributed by atoms with Crippen LogP contribution in [0, 0.1) is 0 Å². The quantitative estimate of drug-likeness (QED) is 0.325. The second-order valence-electron chi connectivity index (χ2n) is 7.62. The Morgan fingerprint density at radius 2 is 1.63 bits per heavy atom. The van der Waals surface area contributed by atoms with Crippen LogP contribution in [0.15, 0.2) is 78.9 Å². The zero-order chi connectivity index (χ0) is 24.6. The number of esters is 1. The molecule has 7 nitrogen and oxygen atoms in total. The molecule has 0 atom stereocenters. The van der Waals surface area contributed by atoms with E-state index in [0.29, 0.717) is 40.2 Å². The predicted molar refractivity (Wildman–Crippen MR) is 135 cm³/mol. The van der Waals surface area contributed by atoms with Crippen molar-refractivity contribution in [3.8, 4) is 22.8 Å². The standard InChI is InChI=1S/C28H26N2O5/c1-3-33-22-13-11-21(12-14-22)29-27(31)18-35-26-17-25(19-8-6-5-7-9-19)30-24-15-10-20(16-23(24)26)28(32)34-4-2/h5-17H,3-4,18H2,1-2H3,(H,29,31).